The summed E-state index contributed by atoms with van der Waals surface area (Å²) < 4.78 is 11.2. The molecule has 2 aliphatic rings. The first-order chi connectivity index (χ1) is 15.0. The van der Waals surface area contributed by atoms with Gasteiger partial charge in [0.15, 0.2) is 0 Å². The molecule has 0 spiro atoms. The van der Waals surface area contributed by atoms with Crippen molar-refractivity contribution in [3.05, 3.63) is 60.1 Å². The van der Waals surface area contributed by atoms with Crippen LogP contribution < -0.4 is 0 Å². The Kier molecular flexibility index (Phi) is 6.76. The highest BCUT2D eigenvalue weighted by molar-refractivity contribution is 5.88. The third-order valence-electron chi connectivity index (χ3n) is 6.27. The van der Waals surface area contributed by atoms with Crippen LogP contribution in [-0.4, -0.2) is 53.5 Å². The van der Waals surface area contributed by atoms with Crippen molar-refractivity contribution in [3.63, 3.8) is 0 Å². The molecule has 1 aliphatic carbocycles. The molecule has 2 aromatic rings. The van der Waals surface area contributed by atoms with Gasteiger partial charge >= 0.3 is 0 Å². The number of nitrogens with zero attached hydrogens (tertiary/aromatic N) is 2. The number of carbonyl (C=O) groups is 2. The SMILES string of the molecule is CC(C)N(CC(=O)N(Cc1ccco1)C[C@H]1CCCO1)C(=O)[C@H]1C[C@H]1c1ccccc1. The molecule has 1 aliphatic heterocycles. The van der Waals surface area contributed by atoms with Gasteiger partial charge in [0.1, 0.15) is 12.3 Å². The maximum Gasteiger partial charge on any atom is 0.242 e. The van der Waals surface area contributed by atoms with Crippen LogP contribution >= 0.6 is 0 Å². The first kappa shape index (κ1) is 21.6. The second-order valence-electron chi connectivity index (χ2n) is 8.91. The Morgan fingerprint density at radius 1 is 1.13 bits per heavy atom. The summed E-state index contributed by atoms with van der Waals surface area (Å²) in [4.78, 5) is 30.1. The summed E-state index contributed by atoms with van der Waals surface area (Å²) in [6.07, 6.45) is 4.49. The molecule has 166 valence electrons. The fraction of sp³-hybridized carbons (Fsp3) is 0.520. The number of benzene rings is 1. The Bertz CT molecular complexity index is 859. The van der Waals surface area contributed by atoms with Crippen LogP contribution in [0.1, 0.15) is 50.4 Å². The molecule has 2 fully saturated rings. The molecule has 2 amide bonds. The summed E-state index contributed by atoms with van der Waals surface area (Å²) >= 11 is 0. The van der Waals surface area contributed by atoms with E-state index in [1.54, 1.807) is 16.1 Å². The number of furan rings is 1. The smallest absolute Gasteiger partial charge is 0.242 e. The van der Waals surface area contributed by atoms with Crippen LogP contribution in [0.5, 0.6) is 0 Å². The van der Waals surface area contributed by atoms with Gasteiger partial charge in [-0.1, -0.05) is 30.3 Å². The first-order valence-corrected chi connectivity index (χ1v) is 11.3. The average Bonchev–Trinajstić information content (AvgIpc) is 3.11. The minimum Gasteiger partial charge on any atom is -0.467 e. The van der Waals surface area contributed by atoms with Crippen molar-refractivity contribution < 1.29 is 18.7 Å². The predicted octanol–water partition coefficient (Wildman–Crippen LogP) is 3.83. The Balaban J connectivity index is 1.42. The number of amides is 2. The standard InChI is InChI=1S/C25H32N2O4/c1-18(2)27(25(29)23-14-22(23)19-8-4-3-5-9-19)17-24(28)26(15-20-10-6-12-30-20)16-21-11-7-13-31-21/h3-6,8-10,12,18,21-23H,7,11,13-17H2,1-2H3/t21-,22+,23+/m1/s1. The molecule has 0 radical (unpaired) electrons. The molecule has 3 atom stereocenters. The minimum atomic E-state index is -0.0640. The van der Waals surface area contributed by atoms with Gasteiger partial charge in [0.25, 0.3) is 0 Å². The highest BCUT2D eigenvalue weighted by Gasteiger charge is 2.46. The Morgan fingerprint density at radius 2 is 1.94 bits per heavy atom. The number of ether oxygens (including phenoxy) is 1. The molecule has 6 nitrogen and oxygen atoms in total. The monoisotopic (exact) mass is 424 g/mol. The molecule has 6 heteroatoms. The van der Waals surface area contributed by atoms with Gasteiger partial charge in [-0.25, -0.2) is 0 Å². The number of hydrogen-bond donors (Lipinski definition) is 0. The van der Waals surface area contributed by atoms with E-state index in [0.29, 0.717) is 13.1 Å². The van der Waals surface area contributed by atoms with Gasteiger partial charge in [0.2, 0.25) is 11.8 Å². The molecule has 0 unspecified atom stereocenters. The zero-order valence-electron chi connectivity index (χ0n) is 18.4. The zero-order valence-corrected chi connectivity index (χ0v) is 18.4. The third-order valence-corrected chi connectivity index (χ3v) is 6.27. The highest BCUT2D eigenvalue weighted by atomic mass is 16.5. The number of rotatable bonds is 9. The summed E-state index contributed by atoms with van der Waals surface area (Å²) in [5.74, 6) is 0.976. The van der Waals surface area contributed by atoms with E-state index in [-0.39, 0.29) is 42.3 Å². The van der Waals surface area contributed by atoms with Gasteiger partial charge in [-0.3, -0.25) is 9.59 Å². The van der Waals surface area contributed by atoms with Crippen molar-refractivity contribution in [3.8, 4) is 0 Å². The molecular formula is C25H32N2O4. The minimum absolute atomic E-state index is 0.0331. The van der Waals surface area contributed by atoms with E-state index in [9.17, 15) is 9.59 Å². The van der Waals surface area contributed by atoms with Crippen LogP contribution in [0.25, 0.3) is 0 Å². The molecule has 0 N–H and O–H groups in total. The van der Waals surface area contributed by atoms with Crippen LogP contribution in [0, 0.1) is 5.92 Å². The Labute approximate surface area is 184 Å². The van der Waals surface area contributed by atoms with Crippen LogP contribution in [0.3, 0.4) is 0 Å². The van der Waals surface area contributed by atoms with Crippen molar-refractivity contribution in [2.45, 2.75) is 57.7 Å². The normalized spacial score (nSPS) is 22.5. The van der Waals surface area contributed by atoms with E-state index in [4.69, 9.17) is 9.15 Å². The fourth-order valence-electron chi connectivity index (χ4n) is 4.39. The summed E-state index contributed by atoms with van der Waals surface area (Å²) in [5.41, 5.74) is 1.20. The lowest BCUT2D eigenvalue weighted by molar-refractivity contribution is -0.144. The fourth-order valence-corrected chi connectivity index (χ4v) is 4.39. The van der Waals surface area contributed by atoms with E-state index in [1.807, 2.05) is 44.2 Å². The largest absolute Gasteiger partial charge is 0.467 e. The van der Waals surface area contributed by atoms with Gasteiger partial charge in [0.05, 0.1) is 18.9 Å². The molecule has 0 bridgehead atoms. The van der Waals surface area contributed by atoms with Crippen molar-refractivity contribution in [1.29, 1.82) is 0 Å². The van der Waals surface area contributed by atoms with E-state index in [2.05, 4.69) is 12.1 Å². The molecule has 1 aromatic heterocycles. The summed E-state index contributed by atoms with van der Waals surface area (Å²) in [6.45, 7) is 5.69. The predicted molar refractivity (Wildman–Crippen MR) is 117 cm³/mol. The van der Waals surface area contributed by atoms with Crippen molar-refractivity contribution in [2.75, 3.05) is 19.7 Å². The van der Waals surface area contributed by atoms with Crippen LogP contribution in [0.2, 0.25) is 0 Å². The van der Waals surface area contributed by atoms with E-state index >= 15 is 0 Å². The van der Waals surface area contributed by atoms with Crippen molar-refractivity contribution >= 4 is 11.8 Å². The summed E-state index contributed by atoms with van der Waals surface area (Å²) in [5, 5.41) is 0. The van der Waals surface area contributed by atoms with Gasteiger partial charge in [-0.05, 0) is 56.7 Å². The summed E-state index contributed by atoms with van der Waals surface area (Å²) in [7, 11) is 0. The second-order valence-corrected chi connectivity index (χ2v) is 8.91. The quantitative estimate of drug-likeness (QED) is 0.614. The number of hydrogen-bond acceptors (Lipinski definition) is 4. The topological polar surface area (TPSA) is 63.0 Å². The van der Waals surface area contributed by atoms with E-state index in [0.717, 1.165) is 31.6 Å². The molecular weight excluding hydrogens is 392 g/mol. The second kappa shape index (κ2) is 9.69. The van der Waals surface area contributed by atoms with E-state index in [1.165, 1.54) is 5.56 Å². The average molecular weight is 425 g/mol. The molecule has 1 saturated heterocycles. The van der Waals surface area contributed by atoms with E-state index < -0.39 is 0 Å². The maximum absolute atomic E-state index is 13.3. The highest BCUT2D eigenvalue weighted by Crippen LogP contribution is 2.48. The Morgan fingerprint density at radius 3 is 2.58 bits per heavy atom. The lowest BCUT2D eigenvalue weighted by atomic mass is 10.1. The third kappa shape index (κ3) is 5.37. The molecule has 31 heavy (non-hydrogen) atoms. The van der Waals surface area contributed by atoms with Crippen LogP contribution in [0.15, 0.2) is 53.1 Å². The van der Waals surface area contributed by atoms with Crippen molar-refractivity contribution in [1.82, 2.24) is 9.80 Å². The summed E-state index contributed by atoms with van der Waals surface area (Å²) in [6, 6.07) is 13.8. The molecule has 1 saturated carbocycles. The van der Waals surface area contributed by atoms with Crippen LogP contribution in [-0.2, 0) is 20.9 Å². The van der Waals surface area contributed by atoms with Crippen LogP contribution in [0.4, 0.5) is 0 Å². The lowest BCUT2D eigenvalue weighted by Crippen LogP contribution is -2.47. The van der Waals surface area contributed by atoms with Gasteiger partial charge < -0.3 is 19.0 Å². The van der Waals surface area contributed by atoms with Crippen molar-refractivity contribution in [2.24, 2.45) is 5.92 Å². The molecule has 1 aromatic carbocycles. The molecule has 2 heterocycles. The van der Waals surface area contributed by atoms with Gasteiger partial charge in [0, 0.05) is 25.1 Å². The Hall–Kier alpha value is -2.60. The van der Waals surface area contributed by atoms with Gasteiger partial charge in [-0.2, -0.15) is 0 Å². The van der Waals surface area contributed by atoms with Gasteiger partial charge in [-0.15, -0.1) is 0 Å². The maximum atomic E-state index is 13.3. The number of carbonyl (C=O) groups excluding carboxylic acids is 2. The molecule has 4 rings (SSSR count). The first-order valence-electron chi connectivity index (χ1n) is 11.3. The lowest BCUT2D eigenvalue weighted by Gasteiger charge is -2.31. The zero-order chi connectivity index (χ0) is 21.8.